The molecule has 0 fully saturated rings. The van der Waals surface area contributed by atoms with E-state index in [2.05, 4.69) is 10.3 Å². The summed E-state index contributed by atoms with van der Waals surface area (Å²) in [5.74, 6) is 0. The lowest BCUT2D eigenvalue weighted by molar-refractivity contribution is 0.601. The van der Waals surface area contributed by atoms with Gasteiger partial charge in [0.05, 0.1) is 6.33 Å². The van der Waals surface area contributed by atoms with Gasteiger partial charge in [0.1, 0.15) is 0 Å². The average molecular weight is 222 g/mol. The van der Waals surface area contributed by atoms with E-state index in [4.69, 9.17) is 5.73 Å². The van der Waals surface area contributed by atoms with Crippen molar-refractivity contribution < 1.29 is 0 Å². The maximum absolute atomic E-state index is 5.77. The van der Waals surface area contributed by atoms with Gasteiger partial charge in [-0.15, -0.1) is 11.3 Å². The van der Waals surface area contributed by atoms with Crippen LogP contribution in [0, 0.1) is 0 Å². The van der Waals surface area contributed by atoms with E-state index < -0.39 is 0 Å². The van der Waals surface area contributed by atoms with Crippen LogP contribution in [0.5, 0.6) is 0 Å². The first-order valence-electron chi connectivity index (χ1n) is 4.84. The molecule has 0 aliphatic heterocycles. The van der Waals surface area contributed by atoms with Gasteiger partial charge < -0.3 is 15.6 Å². The van der Waals surface area contributed by atoms with Crippen LogP contribution < -0.4 is 11.1 Å². The fraction of sp³-hybridized carbons (Fsp3) is 0.300. The van der Waals surface area contributed by atoms with Gasteiger partial charge in [0, 0.05) is 42.6 Å². The maximum atomic E-state index is 5.77. The molecule has 0 spiro atoms. The number of anilines is 1. The van der Waals surface area contributed by atoms with Crippen molar-refractivity contribution in [2.45, 2.75) is 13.1 Å². The Balaban J connectivity index is 1.70. The van der Waals surface area contributed by atoms with E-state index in [1.807, 2.05) is 28.5 Å². The largest absolute Gasteiger partial charge is 0.398 e. The number of nitrogens with one attached hydrogen (secondary N) is 1. The molecule has 0 saturated heterocycles. The Morgan fingerprint density at radius 2 is 2.47 bits per heavy atom. The highest BCUT2D eigenvalue weighted by Crippen LogP contribution is 2.17. The van der Waals surface area contributed by atoms with Gasteiger partial charge in [-0.2, -0.15) is 0 Å². The highest BCUT2D eigenvalue weighted by atomic mass is 32.1. The molecule has 0 radical (unpaired) electrons. The van der Waals surface area contributed by atoms with Crippen molar-refractivity contribution in [2.24, 2.45) is 0 Å². The van der Waals surface area contributed by atoms with Crippen molar-refractivity contribution in [3.8, 4) is 0 Å². The standard InChI is InChI=1S/C10H14N4S/c11-9-1-6-15-10(9)7-12-2-4-14-5-3-13-8-14/h1,3,5-6,8,12H,2,4,7,11H2. The molecular weight excluding hydrogens is 208 g/mol. The minimum absolute atomic E-state index is 0.845. The lowest BCUT2D eigenvalue weighted by Gasteiger charge is -2.04. The predicted molar refractivity (Wildman–Crippen MR) is 62.7 cm³/mol. The molecule has 3 N–H and O–H groups in total. The van der Waals surface area contributed by atoms with Crippen LogP contribution in [0.3, 0.4) is 0 Å². The third-order valence-corrected chi connectivity index (χ3v) is 3.11. The van der Waals surface area contributed by atoms with E-state index in [0.29, 0.717) is 0 Å². The van der Waals surface area contributed by atoms with Crippen LogP contribution >= 0.6 is 11.3 Å². The van der Waals surface area contributed by atoms with Crippen molar-refractivity contribution >= 4 is 17.0 Å². The molecule has 0 unspecified atom stereocenters. The second kappa shape index (κ2) is 4.95. The van der Waals surface area contributed by atoms with Gasteiger partial charge >= 0.3 is 0 Å². The van der Waals surface area contributed by atoms with Gasteiger partial charge in [0.25, 0.3) is 0 Å². The van der Waals surface area contributed by atoms with Gasteiger partial charge in [-0.25, -0.2) is 4.98 Å². The minimum Gasteiger partial charge on any atom is -0.398 e. The summed E-state index contributed by atoms with van der Waals surface area (Å²) in [6.07, 6.45) is 5.57. The lowest BCUT2D eigenvalue weighted by Crippen LogP contribution is -2.18. The maximum Gasteiger partial charge on any atom is 0.0946 e. The summed E-state index contributed by atoms with van der Waals surface area (Å²) in [5.41, 5.74) is 6.66. The van der Waals surface area contributed by atoms with E-state index in [1.54, 1.807) is 17.5 Å². The number of hydrogen-bond acceptors (Lipinski definition) is 4. The lowest BCUT2D eigenvalue weighted by atomic mass is 10.4. The zero-order chi connectivity index (χ0) is 10.5. The Morgan fingerprint density at radius 1 is 1.53 bits per heavy atom. The zero-order valence-corrected chi connectivity index (χ0v) is 9.20. The molecule has 2 heterocycles. The number of aromatic nitrogens is 2. The van der Waals surface area contributed by atoms with E-state index in [0.717, 1.165) is 25.3 Å². The molecule has 0 saturated carbocycles. The highest BCUT2D eigenvalue weighted by Gasteiger charge is 1.98. The van der Waals surface area contributed by atoms with Gasteiger partial charge in [-0.05, 0) is 11.4 Å². The van der Waals surface area contributed by atoms with Crippen LogP contribution in [0.25, 0.3) is 0 Å². The van der Waals surface area contributed by atoms with E-state index in [9.17, 15) is 0 Å². The molecule has 4 nitrogen and oxygen atoms in total. The van der Waals surface area contributed by atoms with Crippen molar-refractivity contribution in [2.75, 3.05) is 12.3 Å². The zero-order valence-electron chi connectivity index (χ0n) is 8.39. The first-order chi connectivity index (χ1) is 7.36. The number of nitrogens with two attached hydrogens (primary N) is 1. The quantitative estimate of drug-likeness (QED) is 0.750. The topological polar surface area (TPSA) is 55.9 Å². The molecule has 0 bridgehead atoms. The highest BCUT2D eigenvalue weighted by molar-refractivity contribution is 7.10. The number of imidazole rings is 1. The molecule has 0 aromatic carbocycles. The van der Waals surface area contributed by atoms with Crippen LogP contribution in [0.1, 0.15) is 4.88 Å². The third kappa shape index (κ3) is 2.81. The molecule has 2 rings (SSSR count). The molecule has 0 amide bonds. The molecule has 2 aromatic heterocycles. The van der Waals surface area contributed by atoms with E-state index >= 15 is 0 Å². The smallest absolute Gasteiger partial charge is 0.0946 e. The Kier molecular flexibility index (Phi) is 3.37. The first kappa shape index (κ1) is 10.2. The second-order valence-electron chi connectivity index (χ2n) is 3.28. The number of hydrogen-bond donors (Lipinski definition) is 2. The van der Waals surface area contributed by atoms with Crippen molar-refractivity contribution in [1.82, 2.24) is 14.9 Å². The number of nitrogen functional groups attached to an aromatic ring is 1. The second-order valence-corrected chi connectivity index (χ2v) is 4.28. The molecule has 0 atom stereocenters. The number of nitrogens with zero attached hydrogens (tertiary/aromatic N) is 2. The van der Waals surface area contributed by atoms with Crippen LogP contribution in [-0.2, 0) is 13.1 Å². The monoisotopic (exact) mass is 222 g/mol. The summed E-state index contributed by atoms with van der Waals surface area (Å²) in [6.45, 7) is 2.71. The van der Waals surface area contributed by atoms with Crippen LogP contribution in [0.2, 0.25) is 0 Å². The van der Waals surface area contributed by atoms with Crippen LogP contribution in [0.15, 0.2) is 30.2 Å². The molecular formula is C10H14N4S. The van der Waals surface area contributed by atoms with Gasteiger partial charge in [0.15, 0.2) is 0 Å². The van der Waals surface area contributed by atoms with E-state index in [1.165, 1.54) is 4.88 Å². The Labute approximate surface area is 92.8 Å². The summed E-state index contributed by atoms with van der Waals surface area (Å²) < 4.78 is 2.05. The summed E-state index contributed by atoms with van der Waals surface area (Å²) in [7, 11) is 0. The minimum atomic E-state index is 0.845. The Morgan fingerprint density at radius 3 is 3.13 bits per heavy atom. The SMILES string of the molecule is Nc1ccsc1CNCCn1ccnc1. The number of rotatable bonds is 5. The molecule has 80 valence electrons. The fourth-order valence-electron chi connectivity index (χ4n) is 1.32. The van der Waals surface area contributed by atoms with Gasteiger partial charge in [-0.3, -0.25) is 0 Å². The summed E-state index contributed by atoms with van der Waals surface area (Å²) in [5, 5.41) is 5.36. The number of thiophene rings is 1. The third-order valence-electron chi connectivity index (χ3n) is 2.17. The molecule has 5 heteroatoms. The van der Waals surface area contributed by atoms with E-state index in [-0.39, 0.29) is 0 Å². The summed E-state index contributed by atoms with van der Waals surface area (Å²) >= 11 is 1.69. The average Bonchev–Trinajstić information content (AvgIpc) is 2.85. The molecule has 0 aliphatic carbocycles. The Bertz CT molecular complexity index is 393. The van der Waals surface area contributed by atoms with Crippen LogP contribution in [0.4, 0.5) is 5.69 Å². The van der Waals surface area contributed by atoms with Crippen molar-refractivity contribution in [3.63, 3.8) is 0 Å². The summed E-state index contributed by atoms with van der Waals surface area (Å²) in [4.78, 5) is 5.19. The van der Waals surface area contributed by atoms with Crippen molar-refractivity contribution in [3.05, 3.63) is 35.0 Å². The van der Waals surface area contributed by atoms with Crippen LogP contribution in [-0.4, -0.2) is 16.1 Å². The molecule has 15 heavy (non-hydrogen) atoms. The van der Waals surface area contributed by atoms with Gasteiger partial charge in [0.2, 0.25) is 0 Å². The normalized spacial score (nSPS) is 10.7. The first-order valence-corrected chi connectivity index (χ1v) is 5.72. The molecule has 2 aromatic rings. The summed E-state index contributed by atoms with van der Waals surface area (Å²) in [6, 6.07) is 1.94. The fourth-order valence-corrected chi connectivity index (χ4v) is 2.09. The molecule has 0 aliphatic rings. The predicted octanol–water partition coefficient (Wildman–Crippen LogP) is 1.32. The van der Waals surface area contributed by atoms with Gasteiger partial charge in [-0.1, -0.05) is 0 Å². The van der Waals surface area contributed by atoms with Crippen molar-refractivity contribution in [1.29, 1.82) is 0 Å². The Hall–Kier alpha value is -1.33.